The van der Waals surface area contributed by atoms with E-state index in [0.29, 0.717) is 0 Å². The van der Waals surface area contributed by atoms with Gasteiger partial charge in [-0.1, -0.05) is 36.4 Å². The Labute approximate surface area is 123 Å². The van der Waals surface area contributed by atoms with Crippen LogP contribution >= 0.6 is 11.3 Å². The fourth-order valence-corrected chi connectivity index (χ4v) is 3.65. The zero-order valence-corrected chi connectivity index (χ0v) is 12.8. The Bertz CT molecular complexity index is 751. The molecule has 0 aliphatic rings. The van der Waals surface area contributed by atoms with Gasteiger partial charge in [0.15, 0.2) is 0 Å². The average Bonchev–Trinajstić information content (AvgIpc) is 2.79. The summed E-state index contributed by atoms with van der Waals surface area (Å²) in [5.41, 5.74) is 3.49. The first-order valence-corrected chi connectivity index (χ1v) is 7.63. The first kappa shape index (κ1) is 13.3. The lowest BCUT2D eigenvalue weighted by Gasteiger charge is -2.14. The van der Waals surface area contributed by atoms with E-state index in [-0.39, 0.29) is 0 Å². The largest absolute Gasteiger partial charge is 0.383 e. The summed E-state index contributed by atoms with van der Waals surface area (Å²) in [6, 6.07) is 14.5. The van der Waals surface area contributed by atoms with E-state index in [2.05, 4.69) is 45.0 Å². The Morgan fingerprint density at radius 2 is 1.60 bits per heavy atom. The summed E-state index contributed by atoms with van der Waals surface area (Å²) in [5.74, 6) is 0. The molecular weight excluding hydrogens is 264 g/mol. The molecule has 102 valence electrons. The second-order valence-electron chi connectivity index (χ2n) is 5.31. The van der Waals surface area contributed by atoms with Crippen LogP contribution in [0, 0.1) is 20.8 Å². The maximum Gasteiger partial charge on any atom is 0.114 e. The van der Waals surface area contributed by atoms with Gasteiger partial charge in [0, 0.05) is 9.75 Å². The highest BCUT2D eigenvalue weighted by Gasteiger charge is 2.16. The lowest BCUT2D eigenvalue weighted by atomic mass is 9.96. The third-order valence-corrected chi connectivity index (χ3v) is 5.13. The Morgan fingerprint density at radius 3 is 2.25 bits per heavy atom. The Kier molecular flexibility index (Phi) is 3.36. The van der Waals surface area contributed by atoms with Gasteiger partial charge in [-0.3, -0.25) is 0 Å². The van der Waals surface area contributed by atoms with Crippen molar-refractivity contribution in [3.63, 3.8) is 0 Å². The molecule has 0 bridgehead atoms. The van der Waals surface area contributed by atoms with Crippen LogP contribution in [0.3, 0.4) is 0 Å². The van der Waals surface area contributed by atoms with Crippen molar-refractivity contribution in [2.45, 2.75) is 26.9 Å². The van der Waals surface area contributed by atoms with Gasteiger partial charge in [-0.25, -0.2) is 0 Å². The van der Waals surface area contributed by atoms with Gasteiger partial charge in [0.2, 0.25) is 0 Å². The molecule has 0 spiro atoms. The number of rotatable bonds is 2. The first-order chi connectivity index (χ1) is 9.58. The topological polar surface area (TPSA) is 20.2 Å². The summed E-state index contributed by atoms with van der Waals surface area (Å²) in [6.45, 7) is 6.30. The van der Waals surface area contributed by atoms with Gasteiger partial charge in [-0.2, -0.15) is 0 Å². The molecule has 1 aromatic heterocycles. The smallest absolute Gasteiger partial charge is 0.114 e. The van der Waals surface area contributed by atoms with Crippen LogP contribution < -0.4 is 0 Å². The molecule has 0 amide bonds. The predicted octanol–water partition coefficient (Wildman–Crippen LogP) is 4.91. The Balaban J connectivity index is 2.17. The van der Waals surface area contributed by atoms with Crippen molar-refractivity contribution >= 4 is 22.1 Å². The standard InChI is InChI=1S/C18H18OS/c1-11-8-9-16(15-7-5-4-6-14(11)15)18(19)17-10-12(2)13(3)20-17/h4-10,18-19H,1-3H3. The summed E-state index contributed by atoms with van der Waals surface area (Å²) in [5, 5.41) is 13.1. The van der Waals surface area contributed by atoms with Gasteiger partial charge in [0.1, 0.15) is 6.10 Å². The Hall–Kier alpha value is -1.64. The number of aliphatic hydroxyl groups excluding tert-OH is 1. The minimum absolute atomic E-state index is 0.544. The van der Waals surface area contributed by atoms with Crippen LogP contribution in [0.5, 0.6) is 0 Å². The van der Waals surface area contributed by atoms with Gasteiger partial charge in [0.25, 0.3) is 0 Å². The van der Waals surface area contributed by atoms with E-state index < -0.39 is 6.10 Å². The van der Waals surface area contributed by atoms with E-state index in [1.807, 2.05) is 18.2 Å². The highest BCUT2D eigenvalue weighted by Crippen LogP contribution is 2.34. The molecule has 1 atom stereocenters. The van der Waals surface area contributed by atoms with Crippen molar-refractivity contribution in [3.8, 4) is 0 Å². The molecule has 0 radical (unpaired) electrons. The molecule has 0 saturated carbocycles. The zero-order valence-electron chi connectivity index (χ0n) is 12.0. The lowest BCUT2D eigenvalue weighted by molar-refractivity contribution is 0.225. The Morgan fingerprint density at radius 1 is 0.900 bits per heavy atom. The molecule has 1 N–H and O–H groups in total. The monoisotopic (exact) mass is 282 g/mol. The van der Waals surface area contributed by atoms with Crippen molar-refractivity contribution in [1.82, 2.24) is 0 Å². The molecule has 2 aromatic carbocycles. The van der Waals surface area contributed by atoms with E-state index >= 15 is 0 Å². The number of aliphatic hydroxyl groups is 1. The van der Waals surface area contributed by atoms with Crippen LogP contribution in [0.1, 0.15) is 32.5 Å². The first-order valence-electron chi connectivity index (χ1n) is 6.81. The summed E-state index contributed by atoms with van der Waals surface area (Å²) in [4.78, 5) is 2.30. The number of fused-ring (bicyclic) bond motifs is 1. The second kappa shape index (κ2) is 5.04. The van der Waals surface area contributed by atoms with Crippen LogP contribution in [-0.2, 0) is 0 Å². The minimum atomic E-state index is -0.544. The fraction of sp³-hybridized carbons (Fsp3) is 0.222. The van der Waals surface area contributed by atoms with Crippen LogP contribution in [0.15, 0.2) is 42.5 Å². The second-order valence-corrected chi connectivity index (χ2v) is 6.60. The summed E-state index contributed by atoms with van der Waals surface area (Å²) in [7, 11) is 0. The van der Waals surface area contributed by atoms with Crippen molar-refractivity contribution < 1.29 is 5.11 Å². The summed E-state index contributed by atoms with van der Waals surface area (Å²) in [6.07, 6.45) is -0.544. The van der Waals surface area contributed by atoms with Crippen molar-refractivity contribution in [3.05, 3.63) is 68.9 Å². The number of hydrogen-bond acceptors (Lipinski definition) is 2. The molecule has 0 aliphatic carbocycles. The highest BCUT2D eigenvalue weighted by atomic mass is 32.1. The molecule has 20 heavy (non-hydrogen) atoms. The quantitative estimate of drug-likeness (QED) is 0.708. The molecule has 0 saturated heterocycles. The van der Waals surface area contributed by atoms with Gasteiger partial charge >= 0.3 is 0 Å². The third kappa shape index (κ3) is 2.15. The number of thiophene rings is 1. The van der Waals surface area contributed by atoms with Crippen LogP contribution in [-0.4, -0.2) is 5.11 Å². The van der Waals surface area contributed by atoms with Crippen LogP contribution in [0.25, 0.3) is 10.8 Å². The number of aryl methyl sites for hydroxylation is 3. The van der Waals surface area contributed by atoms with Gasteiger partial charge in [0.05, 0.1) is 0 Å². The molecule has 2 heteroatoms. The van der Waals surface area contributed by atoms with E-state index in [0.717, 1.165) is 15.8 Å². The van der Waals surface area contributed by atoms with Crippen molar-refractivity contribution in [2.75, 3.05) is 0 Å². The molecule has 3 rings (SSSR count). The van der Waals surface area contributed by atoms with E-state index in [4.69, 9.17) is 0 Å². The van der Waals surface area contributed by atoms with Crippen molar-refractivity contribution in [1.29, 1.82) is 0 Å². The fourth-order valence-electron chi connectivity index (χ4n) is 2.60. The van der Waals surface area contributed by atoms with Gasteiger partial charge < -0.3 is 5.11 Å². The average molecular weight is 282 g/mol. The van der Waals surface area contributed by atoms with E-state index in [1.165, 1.54) is 21.4 Å². The lowest BCUT2D eigenvalue weighted by Crippen LogP contribution is -1.98. The third-order valence-electron chi connectivity index (χ3n) is 3.92. The summed E-state index contributed by atoms with van der Waals surface area (Å²) < 4.78 is 0. The summed E-state index contributed by atoms with van der Waals surface area (Å²) >= 11 is 1.68. The SMILES string of the molecule is Cc1cc(C(O)c2ccc(C)c3ccccc23)sc1C. The van der Waals surface area contributed by atoms with Gasteiger partial charge in [-0.15, -0.1) is 11.3 Å². The predicted molar refractivity (Wildman–Crippen MR) is 86.5 cm³/mol. The van der Waals surface area contributed by atoms with E-state index in [9.17, 15) is 5.11 Å². The molecule has 0 aliphatic heterocycles. The van der Waals surface area contributed by atoms with Crippen LogP contribution in [0.4, 0.5) is 0 Å². The molecule has 3 aromatic rings. The maximum atomic E-state index is 10.7. The highest BCUT2D eigenvalue weighted by molar-refractivity contribution is 7.12. The molecule has 0 fully saturated rings. The molecule has 1 unspecified atom stereocenters. The maximum absolute atomic E-state index is 10.7. The molecule has 1 heterocycles. The van der Waals surface area contributed by atoms with Crippen LogP contribution in [0.2, 0.25) is 0 Å². The number of benzene rings is 2. The number of hydrogen-bond donors (Lipinski definition) is 1. The zero-order chi connectivity index (χ0) is 14.3. The van der Waals surface area contributed by atoms with Gasteiger partial charge in [-0.05, 0) is 54.3 Å². The molecular formula is C18H18OS. The van der Waals surface area contributed by atoms with Crippen molar-refractivity contribution in [2.24, 2.45) is 0 Å². The molecule has 1 nitrogen and oxygen atoms in total. The normalized spacial score (nSPS) is 12.8. The minimum Gasteiger partial charge on any atom is -0.383 e. The van der Waals surface area contributed by atoms with E-state index in [1.54, 1.807) is 11.3 Å².